The molecule has 1 fully saturated rings. The van der Waals surface area contributed by atoms with Gasteiger partial charge in [-0.1, -0.05) is 17.7 Å². The normalized spacial score (nSPS) is 18.4. The summed E-state index contributed by atoms with van der Waals surface area (Å²) >= 11 is 6.52. The number of aliphatic hydroxyl groups is 1. The summed E-state index contributed by atoms with van der Waals surface area (Å²) in [6.45, 7) is 2.66. The van der Waals surface area contributed by atoms with Crippen molar-refractivity contribution < 1.29 is 24.2 Å². The maximum atomic E-state index is 12.7. The molecule has 0 aliphatic heterocycles. The van der Waals surface area contributed by atoms with Crippen molar-refractivity contribution in [3.63, 3.8) is 0 Å². The van der Waals surface area contributed by atoms with Crippen LogP contribution in [0.3, 0.4) is 0 Å². The second kappa shape index (κ2) is 12.8. The second-order valence-electron chi connectivity index (χ2n) is 9.06. The number of hydrogen-bond acceptors (Lipinski definition) is 6. The summed E-state index contributed by atoms with van der Waals surface area (Å²) in [5, 5.41) is 16.1. The summed E-state index contributed by atoms with van der Waals surface area (Å²) in [5.74, 6) is 0.778. The predicted octanol–water partition coefficient (Wildman–Crippen LogP) is 4.77. The van der Waals surface area contributed by atoms with Crippen molar-refractivity contribution in [3.8, 4) is 5.75 Å². The maximum Gasteiger partial charge on any atom is 0.308 e. The molecule has 0 bridgehead atoms. The fourth-order valence-electron chi connectivity index (χ4n) is 4.60. The highest BCUT2D eigenvalue weighted by molar-refractivity contribution is 6.33. The molecule has 0 aromatic heterocycles. The smallest absolute Gasteiger partial charge is 0.308 e. The van der Waals surface area contributed by atoms with Gasteiger partial charge in [-0.15, -0.1) is 0 Å². The average molecular weight is 503 g/mol. The summed E-state index contributed by atoms with van der Waals surface area (Å²) in [4.78, 5) is 24.4. The molecule has 1 atom stereocenters. The van der Waals surface area contributed by atoms with E-state index in [1.54, 1.807) is 25.3 Å². The Morgan fingerprint density at radius 3 is 2.49 bits per heavy atom. The Morgan fingerprint density at radius 2 is 1.86 bits per heavy atom. The molecule has 3 N–H and O–H groups in total. The number of amides is 1. The minimum atomic E-state index is -0.167. The molecule has 190 valence electrons. The van der Waals surface area contributed by atoms with Gasteiger partial charge in [0.2, 0.25) is 0 Å². The van der Waals surface area contributed by atoms with Gasteiger partial charge in [0, 0.05) is 24.3 Å². The molecule has 3 rings (SSSR count). The van der Waals surface area contributed by atoms with Crippen LogP contribution in [0.5, 0.6) is 5.75 Å². The van der Waals surface area contributed by atoms with Crippen LogP contribution in [0.15, 0.2) is 36.4 Å². The van der Waals surface area contributed by atoms with Gasteiger partial charge < -0.3 is 25.2 Å². The first-order chi connectivity index (χ1) is 16.9. The minimum absolute atomic E-state index is 0.0229. The van der Waals surface area contributed by atoms with Gasteiger partial charge in [-0.2, -0.15) is 0 Å². The Hall–Kier alpha value is -2.77. The van der Waals surface area contributed by atoms with Crippen LogP contribution < -0.4 is 15.4 Å². The molecule has 0 saturated heterocycles. The fourth-order valence-corrected chi connectivity index (χ4v) is 4.83. The lowest BCUT2D eigenvalue weighted by Gasteiger charge is -2.27. The molecule has 0 heterocycles. The van der Waals surface area contributed by atoms with E-state index in [-0.39, 0.29) is 30.4 Å². The summed E-state index contributed by atoms with van der Waals surface area (Å²) in [6, 6.07) is 11.0. The van der Waals surface area contributed by atoms with E-state index in [9.17, 15) is 14.7 Å². The predicted molar refractivity (Wildman–Crippen MR) is 137 cm³/mol. The number of ether oxygens (including phenoxy) is 2. The van der Waals surface area contributed by atoms with Gasteiger partial charge in [0.15, 0.2) is 0 Å². The Balaban J connectivity index is 1.58. The number of esters is 1. The van der Waals surface area contributed by atoms with Crippen LogP contribution in [-0.4, -0.2) is 44.4 Å². The van der Waals surface area contributed by atoms with Crippen LogP contribution in [0.25, 0.3) is 0 Å². The van der Waals surface area contributed by atoms with Crippen molar-refractivity contribution >= 4 is 29.2 Å². The zero-order chi connectivity index (χ0) is 25.4. The SMILES string of the molecule is COc1ccc(CCO)cc1[C@H](C)Nc1ccc(C(=O)NC[C@H]2CC[C@H](C(=O)OC)CC2)cc1Cl. The van der Waals surface area contributed by atoms with E-state index in [1.807, 2.05) is 25.1 Å². The lowest BCUT2D eigenvalue weighted by molar-refractivity contribution is -0.146. The Kier molecular flexibility index (Phi) is 9.81. The van der Waals surface area contributed by atoms with Crippen LogP contribution in [0, 0.1) is 11.8 Å². The fraction of sp³-hybridized carbons (Fsp3) is 0.481. The molecule has 1 aliphatic carbocycles. The van der Waals surface area contributed by atoms with Gasteiger partial charge in [0.25, 0.3) is 5.91 Å². The third-order valence-corrected chi connectivity index (χ3v) is 7.01. The van der Waals surface area contributed by atoms with Crippen molar-refractivity contribution in [3.05, 3.63) is 58.1 Å². The Labute approximate surface area is 212 Å². The van der Waals surface area contributed by atoms with Gasteiger partial charge in [0.05, 0.1) is 36.9 Å². The zero-order valence-electron chi connectivity index (χ0n) is 20.6. The average Bonchev–Trinajstić information content (AvgIpc) is 2.88. The number of nitrogens with one attached hydrogen (secondary N) is 2. The number of halogens is 1. The van der Waals surface area contributed by atoms with Crippen LogP contribution in [-0.2, 0) is 16.0 Å². The van der Waals surface area contributed by atoms with E-state index in [0.29, 0.717) is 35.2 Å². The number of hydrogen-bond donors (Lipinski definition) is 3. The molecular formula is C27H35ClN2O5. The van der Waals surface area contributed by atoms with Gasteiger partial charge in [0.1, 0.15) is 5.75 Å². The number of rotatable bonds is 10. The number of carbonyl (C=O) groups excluding carboxylic acids is 2. The standard InChI is InChI=1S/C27H35ClN2O5/c1-17(22-14-18(12-13-31)6-11-25(22)34-2)30-24-10-9-21(15-23(24)28)26(32)29-16-19-4-7-20(8-5-19)27(33)35-3/h6,9-11,14-15,17,19-20,30-31H,4-5,7-8,12-13,16H2,1-3H3,(H,29,32)/t17-,19-,20-/m0/s1. The molecule has 0 radical (unpaired) electrons. The molecule has 35 heavy (non-hydrogen) atoms. The molecule has 1 aliphatic rings. The van der Waals surface area contributed by atoms with E-state index in [0.717, 1.165) is 42.6 Å². The van der Waals surface area contributed by atoms with Gasteiger partial charge in [-0.25, -0.2) is 0 Å². The number of benzene rings is 2. The topological polar surface area (TPSA) is 96.9 Å². The molecule has 8 heteroatoms. The largest absolute Gasteiger partial charge is 0.496 e. The monoisotopic (exact) mass is 502 g/mol. The van der Waals surface area contributed by atoms with E-state index >= 15 is 0 Å². The van der Waals surface area contributed by atoms with Crippen molar-refractivity contribution in [1.82, 2.24) is 5.32 Å². The number of methoxy groups -OCH3 is 2. The van der Waals surface area contributed by atoms with Gasteiger partial charge in [-0.05, 0) is 80.8 Å². The zero-order valence-corrected chi connectivity index (χ0v) is 21.4. The molecule has 0 spiro atoms. The first-order valence-electron chi connectivity index (χ1n) is 12.1. The third kappa shape index (κ3) is 7.12. The molecule has 1 saturated carbocycles. The van der Waals surface area contributed by atoms with Crippen LogP contribution in [0.1, 0.15) is 60.1 Å². The number of carbonyl (C=O) groups is 2. The summed E-state index contributed by atoms with van der Waals surface area (Å²) in [5.41, 5.74) is 3.19. The Bertz CT molecular complexity index is 1020. The highest BCUT2D eigenvalue weighted by Gasteiger charge is 2.27. The summed E-state index contributed by atoms with van der Waals surface area (Å²) in [6.07, 6.45) is 3.95. The lowest BCUT2D eigenvalue weighted by Crippen LogP contribution is -2.32. The lowest BCUT2D eigenvalue weighted by atomic mass is 9.82. The molecule has 1 amide bonds. The highest BCUT2D eigenvalue weighted by Crippen LogP contribution is 2.32. The van der Waals surface area contributed by atoms with E-state index in [2.05, 4.69) is 10.6 Å². The quantitative estimate of drug-likeness (QED) is 0.405. The van der Waals surface area contributed by atoms with E-state index < -0.39 is 0 Å². The highest BCUT2D eigenvalue weighted by atomic mass is 35.5. The minimum Gasteiger partial charge on any atom is -0.496 e. The van der Waals surface area contributed by atoms with Crippen molar-refractivity contribution in [2.24, 2.45) is 11.8 Å². The van der Waals surface area contributed by atoms with Crippen LogP contribution in [0.2, 0.25) is 5.02 Å². The molecule has 0 unspecified atom stereocenters. The molecule has 2 aromatic rings. The van der Waals surface area contributed by atoms with E-state index in [1.165, 1.54) is 7.11 Å². The van der Waals surface area contributed by atoms with Crippen LogP contribution in [0.4, 0.5) is 5.69 Å². The van der Waals surface area contributed by atoms with Gasteiger partial charge in [-0.3, -0.25) is 9.59 Å². The molecular weight excluding hydrogens is 468 g/mol. The summed E-state index contributed by atoms with van der Waals surface area (Å²) < 4.78 is 10.3. The van der Waals surface area contributed by atoms with Crippen LogP contribution >= 0.6 is 11.6 Å². The third-order valence-electron chi connectivity index (χ3n) is 6.70. The first-order valence-corrected chi connectivity index (χ1v) is 12.4. The molecule has 7 nitrogen and oxygen atoms in total. The van der Waals surface area contributed by atoms with Gasteiger partial charge >= 0.3 is 5.97 Å². The van der Waals surface area contributed by atoms with Crippen molar-refractivity contribution in [2.75, 3.05) is 32.7 Å². The molecule has 2 aromatic carbocycles. The number of aliphatic hydroxyl groups excluding tert-OH is 1. The second-order valence-corrected chi connectivity index (χ2v) is 9.47. The van der Waals surface area contributed by atoms with Crippen molar-refractivity contribution in [1.29, 1.82) is 0 Å². The van der Waals surface area contributed by atoms with E-state index in [4.69, 9.17) is 21.1 Å². The van der Waals surface area contributed by atoms with Crippen molar-refractivity contribution in [2.45, 2.75) is 45.1 Å². The Morgan fingerprint density at radius 1 is 1.11 bits per heavy atom. The maximum absolute atomic E-state index is 12.7. The number of anilines is 1. The summed E-state index contributed by atoms with van der Waals surface area (Å²) in [7, 11) is 3.05. The first kappa shape index (κ1) is 26.8.